The number of quaternary nitrogens is 1. The second-order valence-corrected chi connectivity index (χ2v) is 6.89. The van der Waals surface area contributed by atoms with Gasteiger partial charge < -0.3 is 61.0 Å². The van der Waals surface area contributed by atoms with Gasteiger partial charge >= 0.3 is 5.97 Å². The van der Waals surface area contributed by atoms with Gasteiger partial charge in [-0.25, -0.2) is 0 Å². The molecule has 0 bridgehead atoms. The minimum absolute atomic E-state index is 0.0694. The number of carbonyl (C=O) groups is 2. The van der Waals surface area contributed by atoms with E-state index in [0.717, 1.165) is 0 Å². The van der Waals surface area contributed by atoms with Gasteiger partial charge in [0.1, 0.15) is 49.2 Å². The van der Waals surface area contributed by atoms with Crippen LogP contribution in [0.3, 0.4) is 0 Å². The fraction of sp³-hybridized carbons (Fsp3) is 0.857. The molecular weight excluding hydrogens is 372 g/mol. The van der Waals surface area contributed by atoms with E-state index in [-0.39, 0.29) is 6.54 Å². The van der Waals surface area contributed by atoms with Gasteiger partial charge in [-0.05, 0) is 0 Å². The molecule has 0 aromatic heterocycles. The van der Waals surface area contributed by atoms with Crippen LogP contribution in [0.1, 0.15) is 0 Å². The van der Waals surface area contributed by atoms with E-state index in [2.05, 4.69) is 0 Å². The molecule has 0 heterocycles. The number of hydrogen-bond acceptors (Lipinski definition) is 11. The van der Waals surface area contributed by atoms with E-state index in [1.807, 2.05) is 0 Å². The number of carbonyl (C=O) groups excluding carboxylic acids is 1. The predicted molar refractivity (Wildman–Crippen MR) is 86.6 cm³/mol. The second kappa shape index (κ2) is 12.1. The van der Waals surface area contributed by atoms with E-state index in [1.165, 1.54) is 0 Å². The van der Waals surface area contributed by atoms with Gasteiger partial charge in [-0.2, -0.15) is 0 Å². The summed E-state index contributed by atoms with van der Waals surface area (Å²) in [4.78, 5) is 19.5. The van der Waals surface area contributed by atoms with Crippen molar-refractivity contribution in [1.29, 1.82) is 0 Å². The molecule has 0 radical (unpaired) electrons. The highest BCUT2D eigenvalue weighted by atomic mass is 16.4. The van der Waals surface area contributed by atoms with E-state index in [1.54, 1.807) is 21.1 Å². The summed E-state index contributed by atoms with van der Waals surface area (Å²) in [5, 5.41) is 79.6. The van der Waals surface area contributed by atoms with Crippen LogP contribution in [0.2, 0.25) is 0 Å². The van der Waals surface area contributed by atoms with Gasteiger partial charge in [0, 0.05) is 0 Å². The Balaban J connectivity index is 0. The maximum Gasteiger partial charge on any atom is 0.322 e. The van der Waals surface area contributed by atoms with Gasteiger partial charge in [-0.3, -0.25) is 4.79 Å². The summed E-state index contributed by atoms with van der Waals surface area (Å²) in [6, 6.07) is -1.13. The molecule has 1 fully saturated rings. The van der Waals surface area contributed by atoms with Crippen LogP contribution in [0, 0.1) is 0 Å². The van der Waals surface area contributed by atoms with E-state index in [9.17, 15) is 14.7 Å². The van der Waals surface area contributed by atoms with Crippen molar-refractivity contribution in [2.24, 2.45) is 5.73 Å². The Hall–Kier alpha value is -1.42. The zero-order chi connectivity index (χ0) is 22.1. The average Bonchev–Trinajstić information content (AvgIpc) is 2.54. The summed E-state index contributed by atoms with van der Waals surface area (Å²) in [6.45, 7) is -0.435. The Kier molecular flexibility index (Phi) is 12.5. The zero-order valence-corrected chi connectivity index (χ0v) is 15.3. The molecule has 1 aliphatic rings. The lowest BCUT2D eigenvalue weighted by molar-refractivity contribution is -0.864. The van der Waals surface area contributed by atoms with Crippen molar-refractivity contribution in [2.45, 2.75) is 42.7 Å². The van der Waals surface area contributed by atoms with E-state index >= 15 is 0 Å². The molecule has 10 N–H and O–H groups in total. The number of carboxylic acid groups (broad SMARTS) is 2. The number of aliphatic hydroxyl groups is 7. The van der Waals surface area contributed by atoms with Crippen LogP contribution in [0.4, 0.5) is 0 Å². The quantitative estimate of drug-likeness (QED) is 0.199. The summed E-state index contributed by atoms with van der Waals surface area (Å²) in [5.74, 6) is -2.18. The van der Waals surface area contributed by atoms with Crippen molar-refractivity contribution in [1.82, 2.24) is 0 Å². The smallest absolute Gasteiger partial charge is 0.322 e. The van der Waals surface area contributed by atoms with E-state index < -0.39 is 61.2 Å². The standard InChI is InChI=1S/C6H12O6.C5H11NO2.C3H7NO3/c7-1-2(8)4(10)6(12)5(11)3(1)9;1-6(2,3)4-5(7)8;4-2(1-5)3(6)7/h1-12H;4H2,1-3H3;2,5H,1,4H2,(H,6,7)/t1-,2-,3-,4+,5-,6-;;. The summed E-state index contributed by atoms with van der Waals surface area (Å²) in [7, 11) is 5.40. The molecule has 27 heavy (non-hydrogen) atoms. The van der Waals surface area contributed by atoms with Crippen molar-refractivity contribution in [2.75, 3.05) is 34.3 Å². The number of likely N-dealkylation sites (N-methyl/N-ethyl adjacent to an activating group) is 1. The highest BCUT2D eigenvalue weighted by molar-refractivity contribution is 5.73. The molecule has 0 aromatic carbocycles. The molecule has 13 heteroatoms. The number of nitrogens with two attached hydrogens (primary N) is 1. The second-order valence-electron chi connectivity index (χ2n) is 6.89. The number of rotatable bonds is 4. The first-order chi connectivity index (χ1) is 12.1. The molecule has 1 rings (SSSR count). The minimum atomic E-state index is -1.64. The van der Waals surface area contributed by atoms with Crippen LogP contribution in [0.5, 0.6) is 0 Å². The highest BCUT2D eigenvalue weighted by Gasteiger charge is 2.47. The topological polar surface area (TPSA) is 245 Å². The number of aliphatic hydroxyl groups excluding tert-OH is 7. The predicted octanol–water partition coefficient (Wildman–Crippen LogP) is -7.00. The molecule has 0 aromatic rings. The van der Waals surface area contributed by atoms with Crippen molar-refractivity contribution in [3.05, 3.63) is 0 Å². The van der Waals surface area contributed by atoms with Gasteiger partial charge in [-0.15, -0.1) is 0 Å². The van der Waals surface area contributed by atoms with Crippen LogP contribution in [-0.4, -0.2) is 134 Å². The Morgan fingerprint density at radius 1 is 0.889 bits per heavy atom. The highest BCUT2D eigenvalue weighted by Crippen LogP contribution is 2.20. The number of nitrogens with zero attached hydrogens (tertiary/aromatic N) is 1. The lowest BCUT2D eigenvalue weighted by atomic mass is 9.85. The molecule has 162 valence electrons. The third-order valence-electron chi connectivity index (χ3n) is 3.22. The molecule has 13 nitrogen and oxygen atoms in total. The van der Waals surface area contributed by atoms with Gasteiger partial charge in [0.15, 0.2) is 0 Å². The first-order valence-electron chi connectivity index (χ1n) is 7.74. The molecule has 1 atom stereocenters. The lowest BCUT2D eigenvalue weighted by Crippen LogP contribution is -2.63. The largest absolute Gasteiger partial charge is 0.544 e. The molecule has 1 saturated carbocycles. The fourth-order valence-electron chi connectivity index (χ4n) is 1.68. The zero-order valence-electron chi connectivity index (χ0n) is 15.3. The van der Waals surface area contributed by atoms with E-state index in [4.69, 9.17) is 46.6 Å². The number of carboxylic acids is 2. The monoisotopic (exact) mass is 402 g/mol. The van der Waals surface area contributed by atoms with Gasteiger partial charge in [0.05, 0.1) is 33.7 Å². The van der Waals surface area contributed by atoms with Crippen LogP contribution >= 0.6 is 0 Å². The van der Waals surface area contributed by atoms with Crippen LogP contribution in [-0.2, 0) is 9.59 Å². The third-order valence-corrected chi connectivity index (χ3v) is 3.22. The van der Waals surface area contributed by atoms with Crippen molar-refractivity contribution >= 4 is 11.9 Å². The molecule has 1 unspecified atom stereocenters. The summed E-state index contributed by atoms with van der Waals surface area (Å²) < 4.78 is 0.419. The molecule has 0 spiro atoms. The first-order valence-corrected chi connectivity index (χ1v) is 7.74. The fourth-order valence-corrected chi connectivity index (χ4v) is 1.68. The summed E-state index contributed by atoms with van der Waals surface area (Å²) >= 11 is 0. The Morgan fingerprint density at radius 2 is 1.15 bits per heavy atom. The SMILES string of the molecule is C[N+](C)(C)CC(=O)[O-].NC(CO)C(=O)O.O[C@H]1[C@H](O)[C@@H](O)[C@H](O)[C@@H](O)[C@H]1O. The van der Waals surface area contributed by atoms with Crippen LogP contribution in [0.15, 0.2) is 0 Å². The van der Waals surface area contributed by atoms with Gasteiger partial charge in [-0.1, -0.05) is 0 Å². The Bertz CT molecular complexity index is 398. The minimum Gasteiger partial charge on any atom is -0.544 e. The Labute approximate surface area is 155 Å². The molecule has 0 aliphatic heterocycles. The molecule has 1 aliphatic carbocycles. The molecule has 0 saturated heterocycles. The number of hydrogen-bond donors (Lipinski definition) is 9. The average molecular weight is 402 g/mol. The van der Waals surface area contributed by atoms with Crippen LogP contribution in [0.25, 0.3) is 0 Å². The van der Waals surface area contributed by atoms with Crippen molar-refractivity contribution in [3.8, 4) is 0 Å². The first kappa shape index (κ1) is 27.8. The number of aliphatic carboxylic acids is 2. The van der Waals surface area contributed by atoms with Crippen molar-refractivity contribution in [3.63, 3.8) is 0 Å². The third kappa shape index (κ3) is 11.1. The Morgan fingerprint density at radius 3 is 1.19 bits per heavy atom. The summed E-state index contributed by atoms with van der Waals surface area (Å²) in [5.41, 5.74) is 4.77. The lowest BCUT2D eigenvalue weighted by Gasteiger charge is -2.39. The van der Waals surface area contributed by atoms with Gasteiger partial charge in [0.25, 0.3) is 0 Å². The van der Waals surface area contributed by atoms with Crippen molar-refractivity contribution < 1.29 is 60.0 Å². The maximum atomic E-state index is 9.89. The normalized spacial score (nSPS) is 31.5. The summed E-state index contributed by atoms with van der Waals surface area (Å²) in [6.07, 6.45) is -9.84. The van der Waals surface area contributed by atoms with Crippen LogP contribution < -0.4 is 10.8 Å². The molecule has 0 amide bonds. The maximum absolute atomic E-state index is 9.89. The van der Waals surface area contributed by atoms with Gasteiger partial charge in [0.2, 0.25) is 0 Å². The van der Waals surface area contributed by atoms with E-state index in [0.29, 0.717) is 4.48 Å². The molecular formula is C14H30N2O11.